The van der Waals surface area contributed by atoms with E-state index in [0.29, 0.717) is 22.3 Å². The molecule has 0 saturated carbocycles. The molecule has 19 heavy (non-hydrogen) atoms. The van der Waals surface area contributed by atoms with Crippen LogP contribution in [0.25, 0.3) is 22.3 Å². The van der Waals surface area contributed by atoms with Gasteiger partial charge in [-0.3, -0.25) is 10.0 Å². The topological polar surface area (TPSA) is 86.3 Å². The van der Waals surface area contributed by atoms with E-state index in [-0.39, 0.29) is 0 Å². The van der Waals surface area contributed by atoms with Gasteiger partial charge in [-0.1, -0.05) is 6.07 Å². The highest BCUT2D eigenvalue weighted by Gasteiger charge is 2.09. The molecule has 1 heterocycles. The minimum absolute atomic E-state index is 0.306. The van der Waals surface area contributed by atoms with Crippen LogP contribution in [0.3, 0.4) is 0 Å². The lowest BCUT2D eigenvalue weighted by Crippen LogP contribution is -2.18. The maximum Gasteiger partial charge on any atom is 0.274 e. The Morgan fingerprint density at radius 2 is 2.00 bits per heavy atom. The minimum Gasteiger partial charge on any atom is -0.456 e. The van der Waals surface area contributed by atoms with E-state index in [2.05, 4.69) is 0 Å². The molecule has 0 atom stereocenters. The molecule has 94 valence electrons. The number of carbonyl (C=O) groups is 1. The van der Waals surface area contributed by atoms with Crippen molar-refractivity contribution in [3.05, 3.63) is 53.4 Å². The lowest BCUT2D eigenvalue weighted by molar-refractivity contribution is 0.0706. The number of fused-ring (bicyclic) bond motifs is 2. The summed E-state index contributed by atoms with van der Waals surface area (Å²) in [7, 11) is 0. The number of hydrogen-bond acceptors (Lipinski definition) is 4. The van der Waals surface area contributed by atoms with Gasteiger partial charge in [-0.25, -0.2) is 5.48 Å². The van der Waals surface area contributed by atoms with E-state index < -0.39 is 5.91 Å². The monoisotopic (exact) mass is 254 g/mol. The summed E-state index contributed by atoms with van der Waals surface area (Å²) in [5.74, 6) is -0.00649. The standard InChI is InChI=1S/C14H10N2O3/c15-11-4-3-9-5-8-1-2-10(14(17)16-18)6-12(8)19-13(9)7-11/h1-7,15,18H,(H,16,17). The summed E-state index contributed by atoms with van der Waals surface area (Å²) in [4.78, 5) is 11.3. The van der Waals surface area contributed by atoms with Crippen LogP contribution in [0.15, 0.2) is 46.9 Å². The van der Waals surface area contributed by atoms with Crippen molar-refractivity contribution >= 4 is 16.9 Å². The predicted molar refractivity (Wildman–Crippen MR) is 67.9 cm³/mol. The third-order valence-corrected chi connectivity index (χ3v) is 2.92. The largest absolute Gasteiger partial charge is 0.456 e. The van der Waals surface area contributed by atoms with Crippen LogP contribution in [0.2, 0.25) is 0 Å². The zero-order valence-electron chi connectivity index (χ0n) is 9.81. The molecule has 1 aromatic rings. The zero-order chi connectivity index (χ0) is 13.4. The van der Waals surface area contributed by atoms with E-state index in [1.807, 2.05) is 12.1 Å². The van der Waals surface area contributed by atoms with Crippen LogP contribution in [0, 0.1) is 5.41 Å². The lowest BCUT2D eigenvalue weighted by atomic mass is 10.1. The van der Waals surface area contributed by atoms with Gasteiger partial charge in [0, 0.05) is 22.6 Å². The summed E-state index contributed by atoms with van der Waals surface area (Å²) in [5.41, 5.74) is 3.31. The number of amides is 1. The number of rotatable bonds is 1. The van der Waals surface area contributed by atoms with Crippen LogP contribution in [0.4, 0.5) is 0 Å². The number of benzene rings is 2. The molecule has 1 aliphatic heterocycles. The second-order valence-electron chi connectivity index (χ2n) is 4.19. The summed E-state index contributed by atoms with van der Waals surface area (Å²) in [6.45, 7) is 0. The van der Waals surface area contributed by atoms with Gasteiger partial charge in [0.1, 0.15) is 11.3 Å². The van der Waals surface area contributed by atoms with Crippen molar-refractivity contribution in [3.8, 4) is 11.3 Å². The van der Waals surface area contributed by atoms with Gasteiger partial charge in [0.05, 0.1) is 5.36 Å². The summed E-state index contributed by atoms with van der Waals surface area (Å²) >= 11 is 0. The van der Waals surface area contributed by atoms with Crippen LogP contribution < -0.4 is 10.8 Å². The summed E-state index contributed by atoms with van der Waals surface area (Å²) in [6.07, 6.45) is 0. The summed E-state index contributed by atoms with van der Waals surface area (Å²) in [5, 5.41) is 17.4. The van der Waals surface area contributed by atoms with Crippen molar-refractivity contribution in [3.63, 3.8) is 0 Å². The first-order valence-corrected chi connectivity index (χ1v) is 5.64. The normalized spacial score (nSPS) is 10.8. The Kier molecular flexibility index (Phi) is 2.54. The second-order valence-corrected chi connectivity index (χ2v) is 4.19. The van der Waals surface area contributed by atoms with Crippen LogP contribution in [-0.2, 0) is 0 Å². The first-order valence-electron chi connectivity index (χ1n) is 5.64. The molecule has 1 amide bonds. The Morgan fingerprint density at radius 1 is 1.16 bits per heavy atom. The van der Waals surface area contributed by atoms with Gasteiger partial charge in [0.2, 0.25) is 0 Å². The van der Waals surface area contributed by atoms with Crippen LogP contribution in [-0.4, -0.2) is 11.1 Å². The smallest absolute Gasteiger partial charge is 0.274 e. The fourth-order valence-corrected chi connectivity index (χ4v) is 1.98. The van der Waals surface area contributed by atoms with Crippen molar-refractivity contribution in [2.75, 3.05) is 0 Å². The molecule has 0 fully saturated rings. The van der Waals surface area contributed by atoms with Gasteiger partial charge >= 0.3 is 0 Å². The highest BCUT2D eigenvalue weighted by molar-refractivity contribution is 5.97. The Labute approximate surface area is 107 Å². The Bertz CT molecular complexity index is 807. The van der Waals surface area contributed by atoms with Crippen molar-refractivity contribution in [1.82, 2.24) is 5.48 Å². The van der Waals surface area contributed by atoms with Crippen LogP contribution >= 0.6 is 0 Å². The van der Waals surface area contributed by atoms with Gasteiger partial charge in [-0.05, 0) is 30.3 Å². The molecule has 0 radical (unpaired) electrons. The molecule has 0 spiro atoms. The average molecular weight is 254 g/mol. The van der Waals surface area contributed by atoms with Gasteiger partial charge in [-0.15, -0.1) is 0 Å². The van der Waals surface area contributed by atoms with Crippen molar-refractivity contribution in [1.29, 1.82) is 5.41 Å². The third kappa shape index (κ3) is 1.96. The molecule has 3 N–H and O–H groups in total. The maximum atomic E-state index is 11.3. The Balaban J connectivity index is 2.28. The van der Waals surface area contributed by atoms with Crippen molar-refractivity contribution in [2.45, 2.75) is 0 Å². The lowest BCUT2D eigenvalue weighted by Gasteiger charge is -2.07. The average Bonchev–Trinajstić information content (AvgIpc) is 2.43. The van der Waals surface area contributed by atoms with Crippen LogP contribution in [0.1, 0.15) is 10.4 Å². The van der Waals surface area contributed by atoms with Gasteiger partial charge in [-0.2, -0.15) is 0 Å². The van der Waals surface area contributed by atoms with Crippen molar-refractivity contribution < 1.29 is 14.4 Å². The molecule has 1 aliphatic carbocycles. The molecular weight excluding hydrogens is 244 g/mol. The third-order valence-electron chi connectivity index (χ3n) is 2.92. The highest BCUT2D eigenvalue weighted by Crippen LogP contribution is 2.27. The number of nitrogens with one attached hydrogen (secondary N) is 2. The molecule has 1 aromatic carbocycles. The van der Waals surface area contributed by atoms with E-state index in [1.54, 1.807) is 35.8 Å². The van der Waals surface area contributed by atoms with E-state index in [0.717, 1.165) is 10.9 Å². The maximum absolute atomic E-state index is 11.3. The van der Waals surface area contributed by atoms with Gasteiger partial charge in [0.15, 0.2) is 0 Å². The predicted octanol–water partition coefficient (Wildman–Crippen LogP) is 2.14. The number of carbonyl (C=O) groups excluding carboxylic acids is 1. The summed E-state index contributed by atoms with van der Waals surface area (Å²) in [6, 6.07) is 12.0. The first-order chi connectivity index (χ1) is 9.17. The van der Waals surface area contributed by atoms with E-state index >= 15 is 0 Å². The van der Waals surface area contributed by atoms with E-state index in [9.17, 15) is 4.79 Å². The molecule has 0 unspecified atom stereocenters. The first kappa shape index (κ1) is 11.4. The fourth-order valence-electron chi connectivity index (χ4n) is 1.98. The van der Waals surface area contributed by atoms with Gasteiger partial charge in [0.25, 0.3) is 5.91 Å². The SMILES string of the molecule is N=c1ccc2cc3ccc(C(=O)NO)cc3oc-2c1. The molecular formula is C14H10N2O3. The zero-order valence-corrected chi connectivity index (χ0v) is 9.81. The minimum atomic E-state index is -0.591. The molecule has 3 rings (SSSR count). The summed E-state index contributed by atoms with van der Waals surface area (Å²) < 4.78 is 5.68. The molecule has 0 bridgehead atoms. The Morgan fingerprint density at radius 3 is 2.79 bits per heavy atom. The highest BCUT2D eigenvalue weighted by atomic mass is 16.5. The molecule has 2 aliphatic rings. The number of hydroxylamine groups is 1. The number of hydrogen-bond donors (Lipinski definition) is 3. The second kappa shape index (κ2) is 4.22. The van der Waals surface area contributed by atoms with Gasteiger partial charge < -0.3 is 9.83 Å². The molecule has 0 saturated heterocycles. The Hall–Kier alpha value is -2.66. The molecule has 5 nitrogen and oxygen atoms in total. The molecule has 0 aromatic heterocycles. The molecule has 5 heteroatoms. The quantitative estimate of drug-likeness (QED) is 0.353. The van der Waals surface area contributed by atoms with E-state index in [4.69, 9.17) is 15.0 Å². The fraction of sp³-hybridized carbons (Fsp3) is 0. The van der Waals surface area contributed by atoms with Crippen molar-refractivity contribution in [2.24, 2.45) is 0 Å². The van der Waals surface area contributed by atoms with Crippen LogP contribution in [0.5, 0.6) is 0 Å². The van der Waals surface area contributed by atoms with E-state index in [1.165, 1.54) is 0 Å².